The molecule has 0 aromatic heterocycles. The van der Waals surface area contributed by atoms with Crippen LogP contribution < -0.4 is 15.5 Å². The number of hydrogen-bond donors (Lipinski definition) is 2. The van der Waals surface area contributed by atoms with Crippen molar-refractivity contribution in [2.45, 2.75) is 19.4 Å². The van der Waals surface area contributed by atoms with Crippen LogP contribution in [0.1, 0.15) is 24.0 Å². The molecule has 0 aliphatic carbocycles. The van der Waals surface area contributed by atoms with Crippen molar-refractivity contribution in [3.8, 4) is 5.75 Å². The molecule has 0 saturated carbocycles. The molecule has 0 radical (unpaired) electrons. The number of ether oxygens (including phenoxy) is 1. The Balaban J connectivity index is 1.45. The summed E-state index contributed by atoms with van der Waals surface area (Å²) < 4.78 is 18.7. The van der Waals surface area contributed by atoms with Crippen LogP contribution in [0.2, 0.25) is 0 Å². The molecule has 31 heavy (non-hydrogen) atoms. The molecule has 0 unspecified atom stereocenters. The highest BCUT2D eigenvalue weighted by atomic mass is 19.1. The molecular formula is C24H22FN3O3. The van der Waals surface area contributed by atoms with Crippen molar-refractivity contribution in [2.24, 2.45) is 5.10 Å². The molecule has 0 aliphatic heterocycles. The molecule has 3 rings (SSSR count). The van der Waals surface area contributed by atoms with Crippen molar-refractivity contribution < 1.29 is 18.7 Å². The first kappa shape index (κ1) is 21.7. The number of carbonyl (C=O) groups excluding carboxylic acids is 2. The standard InChI is InChI=1S/C24H22FN3O3/c25-20-10-12-21(13-11-20)27-23(29)14-15-24(30)28-26-16-19-8-4-5-9-22(19)31-17-18-6-2-1-3-7-18/h1-13,16H,14-15,17H2,(H,27,29)(H,28,30)/b26-16-. The fourth-order valence-corrected chi connectivity index (χ4v) is 2.67. The Morgan fingerprint density at radius 1 is 0.871 bits per heavy atom. The molecule has 158 valence electrons. The predicted octanol–water partition coefficient (Wildman–Crippen LogP) is 4.27. The second-order valence-corrected chi connectivity index (χ2v) is 6.66. The number of para-hydroxylation sites is 1. The second kappa shape index (κ2) is 11.3. The molecule has 3 aromatic rings. The Kier molecular flexibility index (Phi) is 7.88. The zero-order chi connectivity index (χ0) is 21.9. The molecule has 2 N–H and O–H groups in total. The molecule has 7 heteroatoms. The van der Waals surface area contributed by atoms with Crippen molar-refractivity contribution in [3.63, 3.8) is 0 Å². The number of benzene rings is 3. The number of halogens is 1. The average Bonchev–Trinajstić information content (AvgIpc) is 2.79. The highest BCUT2D eigenvalue weighted by molar-refractivity contribution is 5.93. The summed E-state index contributed by atoms with van der Waals surface area (Å²) in [6, 6.07) is 22.5. The fraction of sp³-hybridized carbons (Fsp3) is 0.125. The van der Waals surface area contributed by atoms with Gasteiger partial charge in [-0.05, 0) is 42.0 Å². The minimum atomic E-state index is -0.395. The topological polar surface area (TPSA) is 79.8 Å². The van der Waals surface area contributed by atoms with Gasteiger partial charge >= 0.3 is 0 Å². The van der Waals surface area contributed by atoms with Gasteiger partial charge < -0.3 is 10.1 Å². The number of rotatable bonds is 9. The van der Waals surface area contributed by atoms with Crippen LogP contribution in [0.15, 0.2) is 84.0 Å². The number of carbonyl (C=O) groups is 2. The highest BCUT2D eigenvalue weighted by Gasteiger charge is 2.07. The van der Waals surface area contributed by atoms with Crippen LogP contribution in [0.3, 0.4) is 0 Å². The van der Waals surface area contributed by atoms with E-state index in [0.29, 0.717) is 23.6 Å². The van der Waals surface area contributed by atoms with Crippen molar-refractivity contribution >= 4 is 23.7 Å². The Hall–Kier alpha value is -4.00. The van der Waals surface area contributed by atoms with Crippen LogP contribution >= 0.6 is 0 Å². The molecule has 0 bridgehead atoms. The van der Waals surface area contributed by atoms with Gasteiger partial charge in [0.05, 0.1) is 6.21 Å². The van der Waals surface area contributed by atoms with Gasteiger partial charge in [-0.1, -0.05) is 42.5 Å². The molecule has 0 saturated heterocycles. The Morgan fingerprint density at radius 3 is 2.32 bits per heavy atom. The first-order valence-corrected chi connectivity index (χ1v) is 9.73. The Bertz CT molecular complexity index is 1040. The molecule has 0 fully saturated rings. The second-order valence-electron chi connectivity index (χ2n) is 6.66. The van der Waals surface area contributed by atoms with Crippen LogP contribution in [-0.2, 0) is 16.2 Å². The van der Waals surface area contributed by atoms with Gasteiger partial charge in [-0.25, -0.2) is 9.82 Å². The summed E-state index contributed by atoms with van der Waals surface area (Å²) >= 11 is 0. The molecule has 2 amide bonds. The van der Waals surface area contributed by atoms with Crippen molar-refractivity contribution in [1.82, 2.24) is 5.43 Å². The summed E-state index contributed by atoms with van der Waals surface area (Å²) in [6.07, 6.45) is 1.45. The molecule has 0 heterocycles. The van der Waals surface area contributed by atoms with E-state index in [1.54, 1.807) is 0 Å². The maximum absolute atomic E-state index is 12.9. The number of hydrazone groups is 1. The van der Waals surface area contributed by atoms with Gasteiger partial charge in [0.15, 0.2) is 0 Å². The maximum atomic E-state index is 12.9. The lowest BCUT2D eigenvalue weighted by Gasteiger charge is -2.09. The first-order chi connectivity index (χ1) is 15.1. The van der Waals surface area contributed by atoms with E-state index in [1.807, 2.05) is 54.6 Å². The minimum absolute atomic E-state index is 0.0183. The van der Waals surface area contributed by atoms with Gasteiger partial charge in [-0.15, -0.1) is 0 Å². The zero-order valence-corrected chi connectivity index (χ0v) is 16.8. The number of hydrogen-bond acceptors (Lipinski definition) is 4. The zero-order valence-electron chi connectivity index (χ0n) is 16.8. The van der Waals surface area contributed by atoms with Crippen LogP contribution in [0.25, 0.3) is 0 Å². The van der Waals surface area contributed by atoms with E-state index in [-0.39, 0.29) is 24.6 Å². The average molecular weight is 419 g/mol. The predicted molar refractivity (Wildman–Crippen MR) is 117 cm³/mol. The van der Waals surface area contributed by atoms with Crippen LogP contribution in [0.4, 0.5) is 10.1 Å². The Labute approximate surface area is 179 Å². The van der Waals surface area contributed by atoms with Crippen molar-refractivity contribution in [3.05, 3.63) is 95.8 Å². The quantitative estimate of drug-likeness (QED) is 0.401. The van der Waals surface area contributed by atoms with Gasteiger partial charge in [-0.3, -0.25) is 9.59 Å². The molecule has 6 nitrogen and oxygen atoms in total. The lowest BCUT2D eigenvalue weighted by molar-refractivity contribution is -0.124. The van der Waals surface area contributed by atoms with E-state index < -0.39 is 5.91 Å². The van der Waals surface area contributed by atoms with Crippen molar-refractivity contribution in [2.75, 3.05) is 5.32 Å². The Morgan fingerprint density at radius 2 is 1.55 bits per heavy atom. The molecule has 0 spiro atoms. The highest BCUT2D eigenvalue weighted by Crippen LogP contribution is 2.17. The third-order valence-corrected chi connectivity index (χ3v) is 4.26. The van der Waals surface area contributed by atoms with E-state index >= 15 is 0 Å². The van der Waals surface area contributed by atoms with Crippen LogP contribution in [0.5, 0.6) is 5.75 Å². The van der Waals surface area contributed by atoms with E-state index in [2.05, 4.69) is 15.8 Å². The van der Waals surface area contributed by atoms with Gasteiger partial charge in [0.25, 0.3) is 0 Å². The van der Waals surface area contributed by atoms with Gasteiger partial charge in [0, 0.05) is 24.1 Å². The lowest BCUT2D eigenvalue weighted by Crippen LogP contribution is -2.20. The lowest BCUT2D eigenvalue weighted by atomic mass is 10.2. The van der Waals surface area contributed by atoms with Crippen molar-refractivity contribution in [1.29, 1.82) is 0 Å². The fourth-order valence-electron chi connectivity index (χ4n) is 2.67. The first-order valence-electron chi connectivity index (χ1n) is 9.73. The monoisotopic (exact) mass is 419 g/mol. The molecule has 3 aromatic carbocycles. The third-order valence-electron chi connectivity index (χ3n) is 4.26. The van der Waals surface area contributed by atoms with E-state index in [4.69, 9.17) is 4.74 Å². The van der Waals surface area contributed by atoms with E-state index in [1.165, 1.54) is 30.5 Å². The smallest absolute Gasteiger partial charge is 0.240 e. The summed E-state index contributed by atoms with van der Waals surface area (Å²) in [5.74, 6) is -0.483. The van der Waals surface area contributed by atoms with Crippen LogP contribution in [-0.4, -0.2) is 18.0 Å². The number of nitrogens with one attached hydrogen (secondary N) is 2. The number of nitrogens with zero attached hydrogens (tertiary/aromatic N) is 1. The SMILES string of the molecule is O=C(CCC(=O)Nc1ccc(F)cc1)N/N=C\c1ccccc1OCc1ccccc1. The van der Waals surface area contributed by atoms with Gasteiger partial charge in [-0.2, -0.15) is 5.10 Å². The normalized spacial score (nSPS) is 10.6. The largest absolute Gasteiger partial charge is 0.488 e. The summed E-state index contributed by atoms with van der Waals surface area (Å²) in [6.45, 7) is 0.418. The van der Waals surface area contributed by atoms with Gasteiger partial charge in [0.2, 0.25) is 11.8 Å². The third kappa shape index (κ3) is 7.40. The minimum Gasteiger partial charge on any atom is -0.488 e. The maximum Gasteiger partial charge on any atom is 0.240 e. The van der Waals surface area contributed by atoms with E-state index in [0.717, 1.165) is 5.56 Å². The summed E-state index contributed by atoms with van der Waals surface area (Å²) in [5, 5.41) is 6.55. The van der Waals surface area contributed by atoms with Crippen LogP contribution in [0, 0.1) is 5.82 Å². The summed E-state index contributed by atoms with van der Waals surface area (Å²) in [4.78, 5) is 23.8. The molecule has 0 atom stereocenters. The molecule has 0 aliphatic rings. The summed E-state index contributed by atoms with van der Waals surface area (Å²) in [7, 11) is 0. The number of anilines is 1. The van der Waals surface area contributed by atoms with E-state index in [9.17, 15) is 14.0 Å². The van der Waals surface area contributed by atoms with Gasteiger partial charge in [0.1, 0.15) is 18.2 Å². The number of amides is 2. The summed E-state index contributed by atoms with van der Waals surface area (Å²) in [5.41, 5.74) is 4.63. The molecular weight excluding hydrogens is 397 g/mol.